The molecule has 0 aliphatic heterocycles. The molecule has 0 aliphatic rings. The number of carbonyl (C=O) groups is 1. The van der Waals surface area contributed by atoms with E-state index >= 15 is 0 Å². The van der Waals surface area contributed by atoms with Crippen molar-refractivity contribution < 1.29 is 14.6 Å². The molecule has 0 spiro atoms. The van der Waals surface area contributed by atoms with Crippen molar-refractivity contribution in [2.75, 3.05) is 33.8 Å². The first-order valence-electron chi connectivity index (χ1n) is 5.97. The third kappa shape index (κ3) is 5.92. The third-order valence-corrected chi connectivity index (χ3v) is 2.74. The summed E-state index contributed by atoms with van der Waals surface area (Å²) in [5, 5.41) is 13.1. The molecule has 19 heavy (non-hydrogen) atoms. The second kappa shape index (κ2) is 7.99. The molecule has 0 heterocycles. The Labute approximate surface area is 118 Å². The molecule has 1 unspecified atom stereocenters. The van der Waals surface area contributed by atoms with Crippen molar-refractivity contribution in [3.05, 3.63) is 29.3 Å². The summed E-state index contributed by atoms with van der Waals surface area (Å²) in [6, 6.07) is 7.07. The highest BCUT2D eigenvalue weighted by Gasteiger charge is 2.08. The predicted molar refractivity (Wildman–Crippen MR) is 74.5 cm³/mol. The maximum absolute atomic E-state index is 11.3. The van der Waals surface area contributed by atoms with Crippen LogP contribution in [0.15, 0.2) is 24.3 Å². The first-order chi connectivity index (χ1) is 9.00. The van der Waals surface area contributed by atoms with Gasteiger partial charge in [0.25, 0.3) is 0 Å². The Balaban J connectivity index is 2.23. The average molecular weight is 287 g/mol. The molecule has 1 aromatic rings. The Hall–Kier alpha value is -1.30. The van der Waals surface area contributed by atoms with Crippen LogP contribution in [-0.4, -0.2) is 55.8 Å². The molecule has 5 nitrogen and oxygen atoms in total. The Bertz CT molecular complexity index is 413. The molecule has 1 atom stereocenters. The third-order valence-electron chi connectivity index (χ3n) is 2.42. The van der Waals surface area contributed by atoms with Crippen molar-refractivity contribution in [2.24, 2.45) is 0 Å². The smallest absolute Gasteiger partial charge is 0.236 e. The number of nitrogens with one attached hydrogen (secondary N) is 1. The maximum atomic E-state index is 11.3. The SMILES string of the molecule is CN(C)C(=O)CNCC(O)COc1ccccc1Cl. The van der Waals surface area contributed by atoms with Crippen molar-refractivity contribution in [1.82, 2.24) is 10.2 Å². The predicted octanol–water partition coefficient (Wildman–Crippen LogP) is 0.758. The van der Waals surface area contributed by atoms with Gasteiger partial charge in [0.15, 0.2) is 0 Å². The van der Waals surface area contributed by atoms with Crippen LogP contribution in [0, 0.1) is 0 Å². The van der Waals surface area contributed by atoms with E-state index in [1.54, 1.807) is 32.3 Å². The molecule has 0 aromatic heterocycles. The number of aliphatic hydroxyl groups excluding tert-OH is 1. The first-order valence-corrected chi connectivity index (χ1v) is 6.34. The second-order valence-electron chi connectivity index (χ2n) is 4.31. The molecule has 0 aliphatic carbocycles. The highest BCUT2D eigenvalue weighted by atomic mass is 35.5. The van der Waals surface area contributed by atoms with Gasteiger partial charge >= 0.3 is 0 Å². The summed E-state index contributed by atoms with van der Waals surface area (Å²) in [5.41, 5.74) is 0. The van der Waals surface area contributed by atoms with E-state index in [9.17, 15) is 9.90 Å². The molecule has 2 N–H and O–H groups in total. The van der Waals surface area contributed by atoms with E-state index in [1.807, 2.05) is 6.07 Å². The number of carbonyl (C=O) groups excluding carboxylic acids is 1. The quantitative estimate of drug-likeness (QED) is 0.777. The fourth-order valence-electron chi connectivity index (χ4n) is 1.31. The van der Waals surface area contributed by atoms with Crippen LogP contribution in [0.1, 0.15) is 0 Å². The molecular weight excluding hydrogens is 268 g/mol. The number of aliphatic hydroxyl groups is 1. The topological polar surface area (TPSA) is 61.8 Å². The van der Waals surface area contributed by atoms with E-state index in [-0.39, 0.29) is 25.6 Å². The number of likely N-dealkylation sites (N-methyl/N-ethyl adjacent to an activating group) is 1. The van der Waals surface area contributed by atoms with Crippen molar-refractivity contribution >= 4 is 17.5 Å². The van der Waals surface area contributed by atoms with Crippen LogP contribution in [-0.2, 0) is 4.79 Å². The molecule has 1 aromatic carbocycles. The Morgan fingerprint density at radius 2 is 2.16 bits per heavy atom. The molecule has 1 amide bonds. The van der Waals surface area contributed by atoms with Gasteiger partial charge in [0.2, 0.25) is 5.91 Å². The van der Waals surface area contributed by atoms with Gasteiger partial charge in [0, 0.05) is 20.6 Å². The number of para-hydroxylation sites is 1. The lowest BCUT2D eigenvalue weighted by molar-refractivity contribution is -0.127. The van der Waals surface area contributed by atoms with Crippen LogP contribution in [0.4, 0.5) is 0 Å². The fourth-order valence-corrected chi connectivity index (χ4v) is 1.50. The van der Waals surface area contributed by atoms with E-state index in [0.717, 1.165) is 0 Å². The number of amides is 1. The molecular formula is C13H19ClN2O3. The highest BCUT2D eigenvalue weighted by molar-refractivity contribution is 6.32. The van der Waals surface area contributed by atoms with E-state index in [0.29, 0.717) is 10.8 Å². The summed E-state index contributed by atoms with van der Waals surface area (Å²) < 4.78 is 5.39. The monoisotopic (exact) mass is 286 g/mol. The Morgan fingerprint density at radius 1 is 1.47 bits per heavy atom. The summed E-state index contributed by atoms with van der Waals surface area (Å²) in [5.74, 6) is 0.492. The minimum atomic E-state index is -0.703. The normalized spacial score (nSPS) is 12.0. The van der Waals surface area contributed by atoms with Gasteiger partial charge in [-0.2, -0.15) is 0 Å². The van der Waals surface area contributed by atoms with Gasteiger partial charge < -0.3 is 20.1 Å². The van der Waals surface area contributed by atoms with E-state index in [2.05, 4.69) is 5.32 Å². The van der Waals surface area contributed by atoms with Gasteiger partial charge in [0.1, 0.15) is 18.5 Å². The largest absolute Gasteiger partial charge is 0.489 e. The fraction of sp³-hybridized carbons (Fsp3) is 0.462. The molecule has 0 bridgehead atoms. The first kappa shape index (κ1) is 15.8. The van der Waals surface area contributed by atoms with E-state index in [1.165, 1.54) is 4.90 Å². The van der Waals surface area contributed by atoms with Gasteiger partial charge in [-0.3, -0.25) is 4.79 Å². The minimum absolute atomic E-state index is 0.0424. The molecule has 106 valence electrons. The number of ether oxygens (including phenoxy) is 1. The van der Waals surface area contributed by atoms with Crippen molar-refractivity contribution in [2.45, 2.75) is 6.10 Å². The lowest BCUT2D eigenvalue weighted by Gasteiger charge is -2.15. The van der Waals surface area contributed by atoms with Gasteiger partial charge in [-0.1, -0.05) is 23.7 Å². The van der Waals surface area contributed by atoms with E-state index < -0.39 is 6.10 Å². The summed E-state index contributed by atoms with van der Waals surface area (Å²) in [7, 11) is 3.36. The lowest BCUT2D eigenvalue weighted by Crippen LogP contribution is -2.38. The van der Waals surface area contributed by atoms with Crippen molar-refractivity contribution in [3.63, 3.8) is 0 Å². The Kier molecular flexibility index (Phi) is 6.62. The lowest BCUT2D eigenvalue weighted by atomic mass is 10.3. The van der Waals surface area contributed by atoms with Gasteiger partial charge in [-0.05, 0) is 12.1 Å². The van der Waals surface area contributed by atoms with Gasteiger partial charge in [-0.25, -0.2) is 0 Å². The van der Waals surface area contributed by atoms with Crippen LogP contribution in [0.5, 0.6) is 5.75 Å². The van der Waals surface area contributed by atoms with Crippen molar-refractivity contribution in [1.29, 1.82) is 0 Å². The molecule has 0 saturated heterocycles. The van der Waals surface area contributed by atoms with E-state index in [4.69, 9.17) is 16.3 Å². The molecule has 1 rings (SSSR count). The zero-order chi connectivity index (χ0) is 14.3. The average Bonchev–Trinajstić information content (AvgIpc) is 2.37. The number of hydrogen-bond donors (Lipinski definition) is 2. The molecule has 0 saturated carbocycles. The number of hydrogen-bond acceptors (Lipinski definition) is 4. The van der Waals surface area contributed by atoms with Crippen LogP contribution in [0.25, 0.3) is 0 Å². The summed E-state index contributed by atoms with van der Waals surface area (Å²) >= 11 is 5.92. The highest BCUT2D eigenvalue weighted by Crippen LogP contribution is 2.22. The summed E-state index contributed by atoms with van der Waals surface area (Å²) in [4.78, 5) is 12.8. The molecule has 6 heteroatoms. The number of rotatable bonds is 7. The van der Waals surface area contributed by atoms with Gasteiger partial charge in [-0.15, -0.1) is 0 Å². The zero-order valence-corrected chi connectivity index (χ0v) is 11.9. The Morgan fingerprint density at radius 3 is 2.79 bits per heavy atom. The van der Waals surface area contributed by atoms with Crippen LogP contribution in [0.3, 0.4) is 0 Å². The number of benzene rings is 1. The van der Waals surface area contributed by atoms with Crippen LogP contribution in [0.2, 0.25) is 5.02 Å². The summed E-state index contributed by atoms with van der Waals surface area (Å²) in [6.07, 6.45) is -0.703. The minimum Gasteiger partial charge on any atom is -0.489 e. The standard InChI is InChI=1S/C13H19ClN2O3/c1-16(2)13(18)8-15-7-10(17)9-19-12-6-4-3-5-11(12)14/h3-6,10,15,17H,7-9H2,1-2H3. The number of nitrogens with zero attached hydrogens (tertiary/aromatic N) is 1. The zero-order valence-electron chi connectivity index (χ0n) is 11.1. The van der Waals surface area contributed by atoms with Crippen molar-refractivity contribution in [3.8, 4) is 5.75 Å². The molecule has 0 radical (unpaired) electrons. The molecule has 0 fully saturated rings. The second-order valence-corrected chi connectivity index (χ2v) is 4.72. The van der Waals surface area contributed by atoms with Crippen LogP contribution >= 0.6 is 11.6 Å². The van der Waals surface area contributed by atoms with Gasteiger partial charge in [0.05, 0.1) is 11.6 Å². The number of halogens is 1. The summed E-state index contributed by atoms with van der Waals surface area (Å²) in [6.45, 7) is 0.590. The van der Waals surface area contributed by atoms with Crippen LogP contribution < -0.4 is 10.1 Å². The maximum Gasteiger partial charge on any atom is 0.236 e.